The zero-order valence-electron chi connectivity index (χ0n) is 10.1. The summed E-state index contributed by atoms with van der Waals surface area (Å²) >= 11 is 0. The number of rotatable bonds is 3. The topological polar surface area (TPSA) is 101 Å². The number of nitrogens with zero attached hydrogens (tertiary/aromatic N) is 1. The van der Waals surface area contributed by atoms with Crippen molar-refractivity contribution in [3.63, 3.8) is 0 Å². The fourth-order valence-electron chi connectivity index (χ4n) is 1.60. The lowest BCUT2D eigenvalue weighted by Gasteiger charge is -2.13. The van der Waals surface area contributed by atoms with Gasteiger partial charge in [0, 0.05) is 5.69 Å². The normalized spacial score (nSPS) is 11.4. The van der Waals surface area contributed by atoms with Crippen molar-refractivity contribution in [1.82, 2.24) is 10.2 Å². The largest absolute Gasteiger partial charge is 0.398 e. The number of nitrogens with one attached hydrogen (secondary N) is 2. The van der Waals surface area contributed by atoms with Gasteiger partial charge in [-0.25, -0.2) is 0 Å². The van der Waals surface area contributed by atoms with Crippen molar-refractivity contribution in [2.75, 3.05) is 10.5 Å². The second-order valence-corrected chi connectivity index (χ2v) is 5.65. The third-order valence-electron chi connectivity index (χ3n) is 2.72. The molecule has 0 aliphatic rings. The number of benzene rings is 1. The van der Waals surface area contributed by atoms with Crippen molar-refractivity contribution in [2.45, 2.75) is 18.9 Å². The fraction of sp³-hybridized carbons (Fsp3) is 0.182. The first-order valence-corrected chi connectivity index (χ1v) is 6.78. The number of aromatic nitrogens is 2. The summed E-state index contributed by atoms with van der Waals surface area (Å²) in [6.45, 7) is 3.59. The minimum absolute atomic E-state index is 0.0173. The summed E-state index contributed by atoms with van der Waals surface area (Å²) in [6.07, 6.45) is 1.38. The van der Waals surface area contributed by atoms with Crippen LogP contribution in [0.5, 0.6) is 0 Å². The summed E-state index contributed by atoms with van der Waals surface area (Å²) in [5.41, 5.74) is 8.34. The van der Waals surface area contributed by atoms with Crippen molar-refractivity contribution in [2.24, 2.45) is 0 Å². The molecule has 1 aromatic heterocycles. The van der Waals surface area contributed by atoms with Gasteiger partial charge in [0.2, 0.25) is 0 Å². The molecule has 0 aliphatic carbocycles. The molecule has 1 aromatic carbocycles. The van der Waals surface area contributed by atoms with Gasteiger partial charge in [0.25, 0.3) is 10.0 Å². The summed E-state index contributed by atoms with van der Waals surface area (Å²) in [5.74, 6) is 0. The van der Waals surface area contributed by atoms with Crippen LogP contribution in [0, 0.1) is 13.8 Å². The van der Waals surface area contributed by atoms with E-state index in [0.29, 0.717) is 16.9 Å². The maximum atomic E-state index is 12.1. The number of sulfonamides is 1. The van der Waals surface area contributed by atoms with Gasteiger partial charge >= 0.3 is 0 Å². The van der Waals surface area contributed by atoms with E-state index in [0.717, 1.165) is 5.56 Å². The first kappa shape index (κ1) is 12.4. The van der Waals surface area contributed by atoms with Crippen molar-refractivity contribution < 1.29 is 8.42 Å². The van der Waals surface area contributed by atoms with Crippen molar-refractivity contribution in [3.8, 4) is 0 Å². The first-order chi connectivity index (χ1) is 8.42. The van der Waals surface area contributed by atoms with E-state index in [9.17, 15) is 8.42 Å². The van der Waals surface area contributed by atoms with E-state index in [2.05, 4.69) is 14.9 Å². The number of H-pyrrole nitrogens is 1. The zero-order valence-corrected chi connectivity index (χ0v) is 10.9. The molecule has 4 N–H and O–H groups in total. The van der Waals surface area contributed by atoms with Crippen LogP contribution in [-0.4, -0.2) is 18.6 Å². The van der Waals surface area contributed by atoms with Crippen LogP contribution in [-0.2, 0) is 10.0 Å². The molecule has 96 valence electrons. The third kappa shape index (κ3) is 2.17. The molecule has 6 nitrogen and oxygen atoms in total. The van der Waals surface area contributed by atoms with Crippen LogP contribution < -0.4 is 10.5 Å². The molecule has 0 unspecified atom stereocenters. The van der Waals surface area contributed by atoms with Gasteiger partial charge in [0.15, 0.2) is 5.03 Å². The Morgan fingerprint density at radius 2 is 2.00 bits per heavy atom. The molecule has 7 heteroatoms. The Morgan fingerprint density at radius 3 is 2.61 bits per heavy atom. The maximum absolute atomic E-state index is 12.1. The van der Waals surface area contributed by atoms with E-state index in [1.54, 1.807) is 19.1 Å². The van der Waals surface area contributed by atoms with Gasteiger partial charge in [0.1, 0.15) is 0 Å². The van der Waals surface area contributed by atoms with Crippen LogP contribution in [0.2, 0.25) is 0 Å². The van der Waals surface area contributed by atoms with Crippen LogP contribution in [0.4, 0.5) is 11.4 Å². The van der Waals surface area contributed by atoms with Crippen LogP contribution in [0.3, 0.4) is 0 Å². The lowest BCUT2D eigenvalue weighted by Crippen LogP contribution is -2.15. The van der Waals surface area contributed by atoms with Gasteiger partial charge in [-0.3, -0.25) is 9.82 Å². The van der Waals surface area contributed by atoms with Gasteiger partial charge < -0.3 is 5.73 Å². The lowest BCUT2D eigenvalue weighted by atomic mass is 10.1. The minimum Gasteiger partial charge on any atom is -0.398 e. The number of hydrogen-bond donors (Lipinski definition) is 3. The van der Waals surface area contributed by atoms with Gasteiger partial charge in [0.05, 0.1) is 11.9 Å². The zero-order chi connectivity index (χ0) is 13.3. The number of aromatic amines is 1. The van der Waals surface area contributed by atoms with Crippen LogP contribution in [0.15, 0.2) is 29.4 Å². The highest BCUT2D eigenvalue weighted by atomic mass is 32.2. The van der Waals surface area contributed by atoms with Gasteiger partial charge in [-0.1, -0.05) is 6.07 Å². The molecule has 0 bridgehead atoms. The Labute approximate surface area is 105 Å². The molecule has 18 heavy (non-hydrogen) atoms. The van der Waals surface area contributed by atoms with Crippen LogP contribution in [0.25, 0.3) is 0 Å². The van der Waals surface area contributed by atoms with Crippen molar-refractivity contribution >= 4 is 21.4 Å². The smallest absolute Gasteiger partial charge is 0.278 e. The Hall–Kier alpha value is -2.02. The minimum atomic E-state index is -3.66. The Kier molecular flexibility index (Phi) is 3.00. The Morgan fingerprint density at radius 1 is 1.28 bits per heavy atom. The van der Waals surface area contributed by atoms with E-state index < -0.39 is 10.0 Å². The first-order valence-electron chi connectivity index (χ1n) is 5.29. The number of nitrogens with two attached hydrogens (primary N) is 1. The molecular weight excluding hydrogens is 252 g/mol. The fourth-order valence-corrected chi connectivity index (χ4v) is 2.71. The summed E-state index contributed by atoms with van der Waals surface area (Å²) in [7, 11) is -3.66. The number of anilines is 2. The second kappa shape index (κ2) is 4.34. The Balaban J connectivity index is 2.45. The van der Waals surface area contributed by atoms with Gasteiger partial charge in [-0.05, 0) is 37.1 Å². The van der Waals surface area contributed by atoms with E-state index in [4.69, 9.17) is 5.73 Å². The molecule has 2 rings (SSSR count). The van der Waals surface area contributed by atoms with Gasteiger partial charge in [-0.2, -0.15) is 13.5 Å². The molecule has 0 atom stereocenters. The molecule has 0 saturated heterocycles. The predicted octanol–water partition coefficient (Wildman–Crippen LogP) is 1.41. The number of hydrogen-bond acceptors (Lipinski definition) is 4. The van der Waals surface area contributed by atoms with Crippen molar-refractivity contribution in [3.05, 3.63) is 35.5 Å². The standard InChI is InChI=1S/C11H14N4O2S/c1-7-3-4-9(12)8(2)11(7)15-18(16,17)10-5-6-13-14-10/h3-6,15H,12H2,1-2H3,(H,13,14). The third-order valence-corrected chi connectivity index (χ3v) is 4.00. The highest BCUT2D eigenvalue weighted by Crippen LogP contribution is 2.27. The van der Waals surface area contributed by atoms with Crippen molar-refractivity contribution in [1.29, 1.82) is 0 Å². The predicted molar refractivity (Wildman–Crippen MR) is 69.7 cm³/mol. The Bertz CT molecular complexity index is 663. The SMILES string of the molecule is Cc1ccc(N)c(C)c1NS(=O)(=O)c1ccn[nH]1. The molecule has 0 saturated carbocycles. The number of nitrogen functional groups attached to an aromatic ring is 1. The quantitative estimate of drug-likeness (QED) is 0.731. The van der Waals surface area contributed by atoms with E-state index >= 15 is 0 Å². The monoisotopic (exact) mass is 266 g/mol. The van der Waals surface area contributed by atoms with Crippen LogP contribution >= 0.6 is 0 Å². The summed E-state index contributed by atoms with van der Waals surface area (Å²) in [4.78, 5) is 0. The highest BCUT2D eigenvalue weighted by molar-refractivity contribution is 7.92. The summed E-state index contributed by atoms with van der Waals surface area (Å²) in [5, 5.41) is 6.06. The van der Waals surface area contributed by atoms with E-state index in [-0.39, 0.29) is 5.03 Å². The average Bonchev–Trinajstić information content (AvgIpc) is 2.84. The summed E-state index contributed by atoms with van der Waals surface area (Å²) < 4.78 is 26.6. The number of aryl methyl sites for hydroxylation is 1. The van der Waals surface area contributed by atoms with E-state index in [1.807, 2.05) is 6.92 Å². The highest BCUT2D eigenvalue weighted by Gasteiger charge is 2.18. The molecule has 2 aromatic rings. The molecular formula is C11H14N4O2S. The van der Waals surface area contributed by atoms with E-state index in [1.165, 1.54) is 12.3 Å². The van der Waals surface area contributed by atoms with Crippen LogP contribution in [0.1, 0.15) is 11.1 Å². The second-order valence-electron chi connectivity index (χ2n) is 4.00. The molecule has 0 fully saturated rings. The average molecular weight is 266 g/mol. The lowest BCUT2D eigenvalue weighted by molar-refractivity contribution is 0.597. The molecule has 0 amide bonds. The molecule has 0 radical (unpaired) electrons. The molecule has 1 heterocycles. The van der Waals surface area contributed by atoms with Gasteiger partial charge in [-0.15, -0.1) is 0 Å². The molecule has 0 spiro atoms. The molecule has 0 aliphatic heterocycles. The summed E-state index contributed by atoms with van der Waals surface area (Å²) in [6, 6.07) is 4.91. The maximum Gasteiger partial charge on any atom is 0.278 e.